The molecule has 2 rings (SSSR count). The van der Waals surface area contributed by atoms with Gasteiger partial charge in [-0.25, -0.2) is 8.51 Å². The molecular weight excluding hydrogens is 212 g/mol. The minimum absolute atomic E-state index is 0.0530. The highest BCUT2D eigenvalue weighted by Crippen LogP contribution is 2.29. The molecule has 1 saturated heterocycles. The summed E-state index contributed by atoms with van der Waals surface area (Å²) in [6, 6.07) is 4.96. The van der Waals surface area contributed by atoms with Gasteiger partial charge in [0.15, 0.2) is 5.75 Å². The van der Waals surface area contributed by atoms with Crippen molar-refractivity contribution in [3.8, 4) is 5.75 Å². The highest BCUT2D eigenvalue weighted by molar-refractivity contribution is 7.82. The van der Waals surface area contributed by atoms with Crippen molar-refractivity contribution in [1.29, 1.82) is 0 Å². The maximum atomic E-state index is 12.0. The lowest BCUT2D eigenvalue weighted by molar-refractivity contribution is 0.459. The number of phenols is 1. The van der Waals surface area contributed by atoms with Crippen LogP contribution in [0.3, 0.4) is 0 Å². The number of nitrogen functional groups attached to an aromatic ring is 1. The van der Waals surface area contributed by atoms with Crippen LogP contribution >= 0.6 is 0 Å². The summed E-state index contributed by atoms with van der Waals surface area (Å²) in [6.07, 6.45) is 2.13. The Hall–Kier alpha value is -1.07. The third-order valence-electron chi connectivity index (χ3n) is 2.52. The fourth-order valence-corrected chi connectivity index (χ4v) is 3.02. The van der Waals surface area contributed by atoms with Crippen LogP contribution in [0.5, 0.6) is 5.75 Å². The second-order valence-electron chi connectivity index (χ2n) is 3.58. The van der Waals surface area contributed by atoms with Crippen LogP contribution in [-0.4, -0.2) is 26.7 Å². The highest BCUT2D eigenvalue weighted by atomic mass is 32.2. The summed E-state index contributed by atoms with van der Waals surface area (Å²) in [4.78, 5) is 0.414. The van der Waals surface area contributed by atoms with Gasteiger partial charge in [0.25, 0.3) is 0 Å². The summed E-state index contributed by atoms with van der Waals surface area (Å²) in [5.74, 6) is -0.0530. The number of rotatable bonds is 2. The molecule has 1 heterocycles. The number of para-hydroxylation sites is 1. The Morgan fingerprint density at radius 2 is 2.00 bits per heavy atom. The van der Waals surface area contributed by atoms with Gasteiger partial charge in [-0.05, 0) is 25.0 Å². The summed E-state index contributed by atoms with van der Waals surface area (Å²) in [5, 5.41) is 9.68. The van der Waals surface area contributed by atoms with Crippen molar-refractivity contribution in [3.63, 3.8) is 0 Å². The number of aromatic hydroxyl groups is 1. The lowest BCUT2D eigenvalue weighted by atomic mass is 10.3. The van der Waals surface area contributed by atoms with E-state index in [0.717, 1.165) is 25.9 Å². The van der Waals surface area contributed by atoms with Crippen LogP contribution in [0.4, 0.5) is 5.69 Å². The van der Waals surface area contributed by atoms with Gasteiger partial charge in [-0.15, -0.1) is 0 Å². The molecule has 5 heteroatoms. The Bertz CT molecular complexity index is 389. The molecule has 1 atom stereocenters. The summed E-state index contributed by atoms with van der Waals surface area (Å²) in [7, 11) is -1.28. The minimum atomic E-state index is -1.28. The van der Waals surface area contributed by atoms with Gasteiger partial charge in [0.05, 0.1) is 10.6 Å². The van der Waals surface area contributed by atoms with Gasteiger partial charge in [0, 0.05) is 13.1 Å². The van der Waals surface area contributed by atoms with E-state index in [2.05, 4.69) is 0 Å². The second-order valence-corrected chi connectivity index (χ2v) is 5.03. The molecule has 1 aliphatic heterocycles. The first-order chi connectivity index (χ1) is 7.20. The molecule has 1 aliphatic rings. The molecule has 0 spiro atoms. The zero-order valence-corrected chi connectivity index (χ0v) is 9.17. The lowest BCUT2D eigenvalue weighted by Gasteiger charge is -2.14. The van der Waals surface area contributed by atoms with E-state index in [9.17, 15) is 9.32 Å². The number of anilines is 1. The zero-order valence-electron chi connectivity index (χ0n) is 8.35. The van der Waals surface area contributed by atoms with Gasteiger partial charge in [0.2, 0.25) is 0 Å². The van der Waals surface area contributed by atoms with Crippen LogP contribution < -0.4 is 5.73 Å². The summed E-state index contributed by atoms with van der Waals surface area (Å²) >= 11 is 0. The maximum absolute atomic E-state index is 12.0. The predicted molar refractivity (Wildman–Crippen MR) is 59.7 cm³/mol. The Kier molecular flexibility index (Phi) is 2.93. The average Bonchev–Trinajstić information content (AvgIpc) is 2.74. The number of hydrogen-bond acceptors (Lipinski definition) is 3. The summed E-state index contributed by atoms with van der Waals surface area (Å²) in [6.45, 7) is 1.64. The van der Waals surface area contributed by atoms with Crippen molar-refractivity contribution in [3.05, 3.63) is 18.2 Å². The first kappa shape index (κ1) is 10.4. The van der Waals surface area contributed by atoms with Crippen molar-refractivity contribution in [2.24, 2.45) is 0 Å². The Morgan fingerprint density at radius 3 is 2.67 bits per heavy atom. The van der Waals surface area contributed by atoms with Crippen LogP contribution in [0.25, 0.3) is 0 Å². The first-order valence-corrected chi connectivity index (χ1v) is 6.05. The minimum Gasteiger partial charge on any atom is -0.505 e. The number of nitrogens with two attached hydrogens (primary N) is 1. The number of nitrogens with zero attached hydrogens (tertiary/aromatic N) is 1. The molecule has 0 bridgehead atoms. The van der Waals surface area contributed by atoms with E-state index in [0.29, 0.717) is 4.90 Å². The van der Waals surface area contributed by atoms with E-state index in [4.69, 9.17) is 5.73 Å². The topological polar surface area (TPSA) is 66.6 Å². The molecule has 3 N–H and O–H groups in total. The number of hydrogen-bond donors (Lipinski definition) is 2. The molecule has 0 saturated carbocycles. The van der Waals surface area contributed by atoms with Crippen molar-refractivity contribution >= 4 is 16.7 Å². The van der Waals surface area contributed by atoms with Crippen molar-refractivity contribution in [1.82, 2.24) is 4.31 Å². The van der Waals surface area contributed by atoms with E-state index in [1.807, 2.05) is 4.31 Å². The van der Waals surface area contributed by atoms with Crippen LogP contribution in [-0.2, 0) is 11.0 Å². The smallest absolute Gasteiger partial charge is 0.155 e. The van der Waals surface area contributed by atoms with Crippen LogP contribution in [0, 0.1) is 0 Å². The molecule has 4 nitrogen and oxygen atoms in total. The number of phenolic OH excluding ortho intramolecular Hbond substituents is 1. The molecule has 1 aromatic carbocycles. The lowest BCUT2D eigenvalue weighted by Crippen LogP contribution is -2.22. The molecule has 1 aromatic rings. The Morgan fingerprint density at radius 1 is 1.33 bits per heavy atom. The molecule has 15 heavy (non-hydrogen) atoms. The van der Waals surface area contributed by atoms with Crippen molar-refractivity contribution in [2.45, 2.75) is 17.7 Å². The fraction of sp³-hybridized carbons (Fsp3) is 0.400. The van der Waals surface area contributed by atoms with Gasteiger partial charge >= 0.3 is 0 Å². The molecule has 82 valence electrons. The standard InChI is InChI=1S/C10H14N2O2S/c11-8-4-3-5-9(10(8)13)15(14)12-6-1-2-7-12/h3-5,13H,1-2,6-7,11H2. The van der Waals surface area contributed by atoms with E-state index in [1.165, 1.54) is 0 Å². The molecule has 1 unspecified atom stereocenters. The monoisotopic (exact) mass is 226 g/mol. The zero-order chi connectivity index (χ0) is 10.8. The molecule has 0 radical (unpaired) electrons. The van der Waals surface area contributed by atoms with E-state index < -0.39 is 11.0 Å². The summed E-state index contributed by atoms with van der Waals surface area (Å²) < 4.78 is 13.9. The predicted octanol–water partition coefficient (Wildman–Crippen LogP) is 1.09. The largest absolute Gasteiger partial charge is 0.505 e. The normalized spacial score (nSPS) is 19.2. The quantitative estimate of drug-likeness (QED) is 0.586. The van der Waals surface area contributed by atoms with E-state index >= 15 is 0 Å². The third-order valence-corrected chi connectivity index (χ3v) is 4.06. The van der Waals surface area contributed by atoms with E-state index in [-0.39, 0.29) is 11.4 Å². The van der Waals surface area contributed by atoms with Crippen molar-refractivity contribution < 1.29 is 9.32 Å². The fourth-order valence-electron chi connectivity index (χ4n) is 1.67. The second kappa shape index (κ2) is 4.20. The SMILES string of the molecule is Nc1cccc(S(=O)N2CCCC2)c1O. The van der Waals surface area contributed by atoms with Gasteiger partial charge < -0.3 is 10.8 Å². The molecule has 0 aromatic heterocycles. The van der Waals surface area contributed by atoms with Crippen LogP contribution in [0.2, 0.25) is 0 Å². The van der Waals surface area contributed by atoms with Gasteiger partial charge in [-0.3, -0.25) is 0 Å². The van der Waals surface area contributed by atoms with Crippen LogP contribution in [0.1, 0.15) is 12.8 Å². The van der Waals surface area contributed by atoms with Gasteiger partial charge in [-0.1, -0.05) is 6.07 Å². The number of benzene rings is 1. The Balaban J connectivity index is 2.28. The third kappa shape index (κ3) is 1.98. The van der Waals surface area contributed by atoms with Crippen LogP contribution in [0.15, 0.2) is 23.1 Å². The van der Waals surface area contributed by atoms with Crippen molar-refractivity contribution in [2.75, 3.05) is 18.8 Å². The molecule has 0 aliphatic carbocycles. The molecule has 1 fully saturated rings. The summed E-state index contributed by atoms with van der Waals surface area (Å²) in [5.41, 5.74) is 5.83. The molecular formula is C10H14N2O2S. The van der Waals surface area contributed by atoms with E-state index in [1.54, 1.807) is 18.2 Å². The maximum Gasteiger partial charge on any atom is 0.155 e. The van der Waals surface area contributed by atoms with Gasteiger partial charge in [0.1, 0.15) is 11.0 Å². The van der Waals surface area contributed by atoms with Gasteiger partial charge in [-0.2, -0.15) is 0 Å². The highest BCUT2D eigenvalue weighted by Gasteiger charge is 2.22. The Labute approximate surface area is 91.3 Å². The molecule has 0 amide bonds. The first-order valence-electron chi connectivity index (χ1n) is 4.94. The average molecular weight is 226 g/mol.